The lowest BCUT2D eigenvalue weighted by molar-refractivity contribution is -0.116. The molecule has 0 fully saturated rings. The van der Waals surface area contributed by atoms with Crippen LogP contribution in [-0.4, -0.2) is 5.91 Å². The molecule has 2 N–H and O–H groups in total. The van der Waals surface area contributed by atoms with Gasteiger partial charge in [0.25, 0.3) is 0 Å². The van der Waals surface area contributed by atoms with E-state index in [1.165, 1.54) is 0 Å². The van der Waals surface area contributed by atoms with E-state index >= 15 is 0 Å². The van der Waals surface area contributed by atoms with E-state index in [1.54, 1.807) is 0 Å². The van der Waals surface area contributed by atoms with Crippen molar-refractivity contribution in [2.24, 2.45) is 5.92 Å². The molecule has 4 aromatic carbocycles. The smallest absolute Gasteiger partial charge is 0.224 e. The lowest BCUT2D eigenvalue weighted by Gasteiger charge is -2.17. The number of ether oxygens (including phenoxy) is 1. The Morgan fingerprint density at radius 1 is 0.857 bits per heavy atom. The van der Waals surface area contributed by atoms with Gasteiger partial charge in [0.15, 0.2) is 0 Å². The van der Waals surface area contributed by atoms with Gasteiger partial charge in [-0.25, -0.2) is 0 Å². The van der Waals surface area contributed by atoms with E-state index in [2.05, 4.69) is 22.8 Å². The minimum Gasteiger partial charge on any atom is -0.488 e. The first-order chi connectivity index (χ1) is 16.9. The summed E-state index contributed by atoms with van der Waals surface area (Å²) in [6, 6.07) is 25.4. The topological polar surface area (TPSA) is 50.4 Å². The number of amides is 1. The van der Waals surface area contributed by atoms with Crippen molar-refractivity contribution in [3.63, 3.8) is 0 Å². The second kappa shape index (κ2) is 11.5. The van der Waals surface area contributed by atoms with Gasteiger partial charge in [0.05, 0.1) is 0 Å². The number of hydrogen-bond acceptors (Lipinski definition) is 3. The van der Waals surface area contributed by atoms with Gasteiger partial charge >= 0.3 is 0 Å². The normalized spacial score (nSPS) is 11.0. The van der Waals surface area contributed by atoms with Crippen LogP contribution in [0.5, 0.6) is 5.75 Å². The summed E-state index contributed by atoms with van der Waals surface area (Å²) >= 11 is 12.7. The molecule has 180 valence electrons. The van der Waals surface area contributed by atoms with Gasteiger partial charge < -0.3 is 15.4 Å². The number of hydrogen-bond donors (Lipinski definition) is 2. The summed E-state index contributed by atoms with van der Waals surface area (Å²) in [5.41, 5.74) is 3.46. The minimum absolute atomic E-state index is 0.0140. The van der Waals surface area contributed by atoms with Crippen molar-refractivity contribution in [3.8, 4) is 5.75 Å². The van der Waals surface area contributed by atoms with E-state index in [9.17, 15) is 4.79 Å². The second-order valence-electron chi connectivity index (χ2n) is 8.83. The molecule has 1 amide bonds. The molecular weight excluding hydrogens is 479 g/mol. The molecule has 0 unspecified atom stereocenters. The van der Waals surface area contributed by atoms with Crippen LogP contribution in [0.2, 0.25) is 10.0 Å². The maximum atomic E-state index is 12.2. The largest absolute Gasteiger partial charge is 0.488 e. The molecule has 0 aromatic heterocycles. The van der Waals surface area contributed by atoms with Gasteiger partial charge in [-0.15, -0.1) is 0 Å². The Bertz CT molecular complexity index is 1320. The molecule has 4 aromatic rings. The Morgan fingerprint density at radius 2 is 1.57 bits per heavy atom. The Kier molecular flexibility index (Phi) is 8.17. The third-order valence-electron chi connectivity index (χ3n) is 5.64. The first-order valence-electron chi connectivity index (χ1n) is 11.6. The van der Waals surface area contributed by atoms with E-state index in [4.69, 9.17) is 27.9 Å². The highest BCUT2D eigenvalue weighted by Gasteiger charge is 2.12. The average Bonchev–Trinajstić information content (AvgIpc) is 2.82. The van der Waals surface area contributed by atoms with Gasteiger partial charge in [0, 0.05) is 45.5 Å². The minimum atomic E-state index is 0.0140. The monoisotopic (exact) mass is 506 g/mol. The fourth-order valence-corrected chi connectivity index (χ4v) is 4.44. The molecule has 6 heteroatoms. The van der Waals surface area contributed by atoms with Gasteiger partial charge in [-0.1, -0.05) is 79.5 Å². The van der Waals surface area contributed by atoms with Crippen molar-refractivity contribution in [2.45, 2.75) is 33.4 Å². The third-order valence-corrected chi connectivity index (χ3v) is 6.35. The summed E-state index contributed by atoms with van der Waals surface area (Å²) in [4.78, 5) is 12.2. The number of rotatable bonds is 9. The predicted molar refractivity (Wildman–Crippen MR) is 147 cm³/mol. The quantitative estimate of drug-likeness (QED) is 0.240. The molecule has 0 heterocycles. The van der Waals surface area contributed by atoms with Crippen LogP contribution in [0.15, 0.2) is 78.9 Å². The Balaban J connectivity index is 1.55. The highest BCUT2D eigenvalue weighted by atomic mass is 35.5. The first kappa shape index (κ1) is 24.9. The molecule has 0 aliphatic heterocycles. The molecule has 0 atom stereocenters. The Labute approximate surface area is 216 Å². The molecule has 4 nitrogen and oxygen atoms in total. The lowest BCUT2D eigenvalue weighted by Crippen LogP contribution is -2.14. The Morgan fingerprint density at radius 3 is 2.34 bits per heavy atom. The van der Waals surface area contributed by atoms with Crippen LogP contribution in [0, 0.1) is 5.92 Å². The van der Waals surface area contributed by atoms with Crippen molar-refractivity contribution in [2.75, 3.05) is 10.6 Å². The number of carbonyl (C=O) groups is 1. The number of halogens is 2. The van der Waals surface area contributed by atoms with Crippen LogP contribution in [0.1, 0.15) is 31.4 Å². The summed E-state index contributed by atoms with van der Waals surface area (Å²) < 4.78 is 6.23. The van der Waals surface area contributed by atoms with E-state index in [0.717, 1.165) is 39.0 Å². The zero-order chi connectivity index (χ0) is 24.8. The van der Waals surface area contributed by atoms with E-state index in [0.29, 0.717) is 28.9 Å². The molecule has 0 spiro atoms. The molecule has 0 radical (unpaired) electrons. The number of benzene rings is 4. The summed E-state index contributed by atoms with van der Waals surface area (Å²) in [5, 5.41) is 9.84. The third kappa shape index (κ3) is 6.47. The molecule has 0 saturated heterocycles. The van der Waals surface area contributed by atoms with Crippen LogP contribution in [0.4, 0.5) is 11.4 Å². The number of nitrogens with one attached hydrogen (secondary N) is 2. The molecule has 0 bridgehead atoms. The van der Waals surface area contributed by atoms with Crippen LogP contribution in [-0.2, 0) is 17.9 Å². The fourth-order valence-electron chi connectivity index (χ4n) is 3.93. The lowest BCUT2D eigenvalue weighted by atomic mass is 10.0. The highest BCUT2D eigenvalue weighted by Crippen LogP contribution is 2.32. The van der Waals surface area contributed by atoms with E-state index in [1.807, 2.05) is 80.6 Å². The standard InChI is InChI=1S/C29H28Cl2N2O2/c1-19(2)15-29(34)33-22-9-5-8-21(16-22)32-17-24-23-10-4-3-7-20(23)13-14-28(24)35-18-25-26(30)11-6-12-27(25)31/h3-14,16,19,32H,15,17-18H2,1-2H3,(H,33,34). The number of carbonyl (C=O) groups excluding carboxylic acids is 1. The van der Waals surface area contributed by atoms with Crippen LogP contribution >= 0.6 is 23.2 Å². The zero-order valence-electron chi connectivity index (χ0n) is 19.8. The molecule has 0 aliphatic carbocycles. The molecule has 4 rings (SSSR count). The van der Waals surface area contributed by atoms with E-state index < -0.39 is 0 Å². The second-order valence-corrected chi connectivity index (χ2v) is 9.65. The molecule has 0 saturated carbocycles. The van der Waals surface area contributed by atoms with Gasteiger partial charge in [-0.05, 0) is 53.1 Å². The highest BCUT2D eigenvalue weighted by molar-refractivity contribution is 6.35. The van der Waals surface area contributed by atoms with Crippen molar-refractivity contribution >= 4 is 51.3 Å². The zero-order valence-corrected chi connectivity index (χ0v) is 21.3. The SMILES string of the molecule is CC(C)CC(=O)Nc1cccc(NCc2c(OCc3c(Cl)cccc3Cl)ccc3ccccc23)c1. The molecule has 0 aliphatic rings. The van der Waals surface area contributed by atoms with Gasteiger partial charge in [-0.3, -0.25) is 4.79 Å². The van der Waals surface area contributed by atoms with Crippen molar-refractivity contribution in [1.82, 2.24) is 0 Å². The van der Waals surface area contributed by atoms with Crippen LogP contribution in [0.25, 0.3) is 10.8 Å². The maximum absolute atomic E-state index is 12.2. The maximum Gasteiger partial charge on any atom is 0.224 e. The summed E-state index contributed by atoms with van der Waals surface area (Å²) in [5.74, 6) is 1.08. The van der Waals surface area contributed by atoms with E-state index in [-0.39, 0.29) is 12.5 Å². The van der Waals surface area contributed by atoms with Crippen molar-refractivity contribution in [3.05, 3.63) is 100 Å². The van der Waals surface area contributed by atoms with Crippen LogP contribution in [0.3, 0.4) is 0 Å². The van der Waals surface area contributed by atoms with Gasteiger partial charge in [0.2, 0.25) is 5.91 Å². The van der Waals surface area contributed by atoms with Gasteiger partial charge in [0.1, 0.15) is 12.4 Å². The summed E-state index contributed by atoms with van der Waals surface area (Å²) in [6.45, 7) is 4.86. The Hall–Kier alpha value is -3.21. The number of anilines is 2. The van der Waals surface area contributed by atoms with Crippen LogP contribution < -0.4 is 15.4 Å². The first-order valence-corrected chi connectivity index (χ1v) is 12.4. The number of fused-ring (bicyclic) bond motifs is 1. The summed E-state index contributed by atoms with van der Waals surface area (Å²) in [7, 11) is 0. The average molecular weight is 507 g/mol. The van der Waals surface area contributed by atoms with Gasteiger partial charge in [-0.2, -0.15) is 0 Å². The van der Waals surface area contributed by atoms with Crippen molar-refractivity contribution < 1.29 is 9.53 Å². The fraction of sp³-hybridized carbons (Fsp3) is 0.207. The summed E-state index contributed by atoms with van der Waals surface area (Å²) in [6.07, 6.45) is 0.490. The molecule has 35 heavy (non-hydrogen) atoms. The van der Waals surface area contributed by atoms with Crippen molar-refractivity contribution in [1.29, 1.82) is 0 Å². The predicted octanol–water partition coefficient (Wildman–Crippen LogP) is 8.32. The molecular formula is C29H28Cl2N2O2.